The van der Waals surface area contributed by atoms with Crippen molar-refractivity contribution < 1.29 is 10.4 Å². The number of benzene rings is 2. The molecule has 154 valence electrons. The molecule has 0 atom stereocenters. The maximum absolute atomic E-state index is 9.12. The molecule has 5 aromatic rings. The minimum Gasteiger partial charge on any atom is -0.438 e. The van der Waals surface area contributed by atoms with Crippen LogP contribution < -0.4 is 4.57 Å². The summed E-state index contributed by atoms with van der Waals surface area (Å²) < 4.78 is 17.4. The predicted octanol–water partition coefficient (Wildman–Crippen LogP) is 6.98. The highest BCUT2D eigenvalue weighted by Crippen LogP contribution is 2.38. The molecular formula is C28H27N2O+. The van der Waals surface area contributed by atoms with E-state index in [0.717, 1.165) is 69.6 Å². The second kappa shape index (κ2) is 7.19. The first-order chi connectivity index (χ1) is 15.5. The van der Waals surface area contributed by atoms with Crippen LogP contribution in [-0.2, 0) is 7.05 Å². The molecule has 0 saturated heterocycles. The zero-order chi connectivity index (χ0) is 21.9. The van der Waals surface area contributed by atoms with Gasteiger partial charge in [0.1, 0.15) is 12.6 Å². The van der Waals surface area contributed by atoms with Crippen molar-refractivity contribution in [2.75, 3.05) is 0 Å². The summed E-state index contributed by atoms with van der Waals surface area (Å²) in [7, 11) is 2.09. The number of rotatable bonds is 2. The summed E-state index contributed by atoms with van der Waals surface area (Å²) in [6.45, 7) is 2.14. The number of aryl methyl sites for hydroxylation is 2. The Morgan fingerprint density at radius 3 is 2.74 bits per heavy atom. The van der Waals surface area contributed by atoms with E-state index < -0.39 is 5.89 Å². The number of hydrogen-bond acceptors (Lipinski definition) is 2. The van der Waals surface area contributed by atoms with E-state index in [9.17, 15) is 0 Å². The highest BCUT2D eigenvalue weighted by Gasteiger charge is 2.22. The third kappa shape index (κ3) is 3.03. The van der Waals surface area contributed by atoms with Crippen LogP contribution in [0, 0.1) is 6.92 Å². The van der Waals surface area contributed by atoms with Gasteiger partial charge in [-0.1, -0.05) is 43.5 Å². The minimum absolute atomic E-state index is 0.471. The number of furan rings is 1. The Bertz CT molecular complexity index is 1490. The zero-order valence-corrected chi connectivity index (χ0v) is 18.1. The molecular weight excluding hydrogens is 380 g/mol. The second-order valence-corrected chi connectivity index (χ2v) is 8.87. The van der Waals surface area contributed by atoms with Crippen molar-refractivity contribution in [3.8, 4) is 11.3 Å². The van der Waals surface area contributed by atoms with Crippen molar-refractivity contribution in [1.82, 2.24) is 4.98 Å². The van der Waals surface area contributed by atoms with Crippen LogP contribution in [-0.4, -0.2) is 4.98 Å². The third-order valence-electron chi connectivity index (χ3n) is 6.86. The van der Waals surface area contributed by atoms with E-state index in [1.807, 2.05) is 12.3 Å². The summed E-state index contributed by atoms with van der Waals surface area (Å²) in [6, 6.07) is 17.1. The fourth-order valence-corrected chi connectivity index (χ4v) is 5.15. The number of aromatic nitrogens is 2. The quantitative estimate of drug-likeness (QED) is 0.295. The Morgan fingerprint density at radius 1 is 1.03 bits per heavy atom. The highest BCUT2D eigenvalue weighted by atomic mass is 16.3. The van der Waals surface area contributed by atoms with Gasteiger partial charge in [0.15, 0.2) is 6.20 Å². The monoisotopic (exact) mass is 408 g/mol. The van der Waals surface area contributed by atoms with Gasteiger partial charge >= 0.3 is 0 Å². The number of nitrogens with zero attached hydrogens (tertiary/aromatic N) is 2. The summed E-state index contributed by atoms with van der Waals surface area (Å²) in [5.74, 6) is -0.471. The van der Waals surface area contributed by atoms with Crippen LogP contribution in [0.3, 0.4) is 0 Å². The Kier molecular flexibility index (Phi) is 4.06. The first-order valence-corrected chi connectivity index (χ1v) is 11.2. The van der Waals surface area contributed by atoms with Crippen molar-refractivity contribution >= 4 is 32.8 Å². The van der Waals surface area contributed by atoms with Crippen molar-refractivity contribution in [1.29, 1.82) is 0 Å². The molecule has 0 spiro atoms. The Labute approximate surface area is 183 Å². The van der Waals surface area contributed by atoms with E-state index in [0.29, 0.717) is 5.71 Å². The zero-order valence-electron chi connectivity index (χ0n) is 19.1. The van der Waals surface area contributed by atoms with E-state index in [1.54, 1.807) is 0 Å². The smallest absolute Gasteiger partial charge is 0.227 e. The number of fused-ring (bicyclic) bond motifs is 5. The van der Waals surface area contributed by atoms with Crippen LogP contribution in [0.5, 0.6) is 0 Å². The fourth-order valence-electron chi connectivity index (χ4n) is 5.15. The summed E-state index contributed by atoms with van der Waals surface area (Å²) in [4.78, 5) is 4.58. The Hall–Kier alpha value is -3.20. The fraction of sp³-hybridized carbons (Fsp3) is 0.286. The molecule has 0 amide bonds. The molecule has 0 aliphatic heterocycles. The third-order valence-corrected chi connectivity index (χ3v) is 6.86. The molecule has 1 aliphatic rings. The van der Waals surface area contributed by atoms with Crippen LogP contribution in [0.1, 0.15) is 50.5 Å². The Morgan fingerprint density at radius 2 is 1.87 bits per heavy atom. The molecule has 1 aliphatic carbocycles. The van der Waals surface area contributed by atoms with Crippen molar-refractivity contribution in [3.05, 3.63) is 72.1 Å². The molecule has 1 fully saturated rings. The standard InChI is InChI=1S/C28H27N2O/c1-18-14-26-24(27-22-11-7-6-10-21(22)17-29-28(27)31-26)16-23(18)25-15-20(12-13-30(25)2)19-8-4-3-5-9-19/h6-7,10-17,19H,3-5,8-9H2,1-2H3/q+1/i19D. The van der Waals surface area contributed by atoms with E-state index in [2.05, 4.69) is 72.2 Å². The molecule has 0 bridgehead atoms. The molecule has 0 unspecified atom stereocenters. The first kappa shape index (κ1) is 17.5. The van der Waals surface area contributed by atoms with E-state index >= 15 is 0 Å². The molecule has 1 saturated carbocycles. The average molecular weight is 409 g/mol. The van der Waals surface area contributed by atoms with Gasteiger partial charge in [0.05, 0.1) is 5.39 Å². The topological polar surface area (TPSA) is 29.9 Å². The van der Waals surface area contributed by atoms with E-state index in [4.69, 9.17) is 5.79 Å². The summed E-state index contributed by atoms with van der Waals surface area (Å²) in [5, 5.41) is 4.44. The largest absolute Gasteiger partial charge is 0.438 e. The van der Waals surface area contributed by atoms with Crippen LogP contribution in [0.15, 0.2) is 65.3 Å². The Balaban J connectivity index is 1.59. The highest BCUT2D eigenvalue weighted by molar-refractivity contribution is 6.18. The maximum atomic E-state index is 9.12. The molecule has 3 heteroatoms. The lowest BCUT2D eigenvalue weighted by atomic mass is 9.84. The molecule has 3 aromatic heterocycles. The van der Waals surface area contributed by atoms with Gasteiger partial charge in [-0.2, -0.15) is 0 Å². The number of pyridine rings is 2. The van der Waals surface area contributed by atoms with E-state index in [-0.39, 0.29) is 0 Å². The molecule has 31 heavy (non-hydrogen) atoms. The van der Waals surface area contributed by atoms with Gasteiger partial charge in [-0.25, -0.2) is 9.55 Å². The van der Waals surface area contributed by atoms with Gasteiger partial charge in [-0.3, -0.25) is 0 Å². The lowest BCUT2D eigenvalue weighted by Gasteiger charge is -2.21. The van der Waals surface area contributed by atoms with Gasteiger partial charge in [0, 0.05) is 36.0 Å². The second-order valence-electron chi connectivity index (χ2n) is 8.87. The van der Waals surface area contributed by atoms with Gasteiger partial charge < -0.3 is 4.42 Å². The van der Waals surface area contributed by atoms with Crippen LogP contribution in [0.25, 0.3) is 44.1 Å². The molecule has 6 rings (SSSR count). The van der Waals surface area contributed by atoms with Crippen molar-refractivity contribution in [3.63, 3.8) is 0 Å². The molecule has 3 nitrogen and oxygen atoms in total. The lowest BCUT2D eigenvalue weighted by molar-refractivity contribution is -0.660. The number of hydrogen-bond donors (Lipinski definition) is 0. The van der Waals surface area contributed by atoms with Crippen LogP contribution >= 0.6 is 0 Å². The van der Waals surface area contributed by atoms with Gasteiger partial charge in [-0.15, -0.1) is 0 Å². The molecule has 0 radical (unpaired) electrons. The normalized spacial score (nSPS) is 16.8. The average Bonchev–Trinajstić information content (AvgIpc) is 3.17. The minimum atomic E-state index is -0.471. The summed E-state index contributed by atoms with van der Waals surface area (Å²) in [6.07, 6.45) is 9.43. The SMILES string of the molecule is [2H]C1(c2cc[n+](C)c(-c3cc4c(cc3C)oc3ncc5ccccc5c34)c2)CCCCC1. The predicted molar refractivity (Wildman–Crippen MR) is 126 cm³/mol. The van der Waals surface area contributed by atoms with Crippen molar-refractivity contribution in [2.24, 2.45) is 7.05 Å². The van der Waals surface area contributed by atoms with Crippen LogP contribution in [0.2, 0.25) is 0 Å². The molecule has 3 heterocycles. The first-order valence-electron chi connectivity index (χ1n) is 11.7. The van der Waals surface area contributed by atoms with Gasteiger partial charge in [0.2, 0.25) is 11.4 Å². The van der Waals surface area contributed by atoms with Gasteiger partial charge in [0.25, 0.3) is 0 Å². The maximum Gasteiger partial charge on any atom is 0.227 e. The molecule has 0 N–H and O–H groups in total. The van der Waals surface area contributed by atoms with E-state index in [1.165, 1.54) is 12.0 Å². The van der Waals surface area contributed by atoms with Crippen LogP contribution in [0.4, 0.5) is 0 Å². The van der Waals surface area contributed by atoms with Crippen molar-refractivity contribution in [2.45, 2.75) is 44.9 Å². The summed E-state index contributed by atoms with van der Waals surface area (Å²) >= 11 is 0. The lowest BCUT2D eigenvalue weighted by Crippen LogP contribution is -2.31. The summed E-state index contributed by atoms with van der Waals surface area (Å²) in [5.41, 5.74) is 6.16. The molecule has 2 aromatic carbocycles. The van der Waals surface area contributed by atoms with Gasteiger partial charge in [-0.05, 0) is 54.3 Å².